The average Bonchev–Trinajstić information content (AvgIpc) is 2.84. The van der Waals surface area contributed by atoms with Gasteiger partial charge in [0.15, 0.2) is 5.78 Å². The number of allylic oxidation sites excluding steroid dienone is 3. The number of benzene rings is 1. The van der Waals surface area contributed by atoms with E-state index >= 15 is 0 Å². The van der Waals surface area contributed by atoms with Crippen molar-refractivity contribution in [3.05, 3.63) is 47.7 Å². The number of fused-ring (bicyclic) bond motifs is 1. The molecule has 0 bridgehead atoms. The van der Waals surface area contributed by atoms with Gasteiger partial charge in [0.1, 0.15) is 0 Å². The van der Waals surface area contributed by atoms with Crippen LogP contribution < -0.4 is 0 Å². The van der Waals surface area contributed by atoms with E-state index in [0.717, 1.165) is 39.7 Å². The predicted molar refractivity (Wildman–Crippen MR) is 93.6 cm³/mol. The van der Waals surface area contributed by atoms with Gasteiger partial charge in [0.2, 0.25) is 0 Å². The highest BCUT2D eigenvalue weighted by molar-refractivity contribution is 6.26. The third-order valence-corrected chi connectivity index (χ3v) is 5.03. The van der Waals surface area contributed by atoms with E-state index in [2.05, 4.69) is 44.5 Å². The molecule has 114 valence electrons. The Morgan fingerprint density at radius 3 is 2.64 bits per heavy atom. The van der Waals surface area contributed by atoms with Crippen molar-refractivity contribution in [2.24, 2.45) is 5.41 Å². The number of hydrogen-bond donors (Lipinski definition) is 1. The monoisotopic (exact) mass is 293 g/mol. The zero-order valence-corrected chi connectivity index (χ0v) is 13.8. The lowest BCUT2D eigenvalue weighted by Gasteiger charge is -2.33. The van der Waals surface area contributed by atoms with Crippen LogP contribution >= 0.6 is 0 Å². The van der Waals surface area contributed by atoms with Crippen molar-refractivity contribution in [1.29, 1.82) is 0 Å². The molecule has 3 rings (SSSR count). The molecule has 1 aliphatic carbocycles. The number of ketones is 1. The lowest BCUT2D eigenvalue weighted by Crippen LogP contribution is -2.24. The van der Waals surface area contributed by atoms with Gasteiger partial charge in [-0.1, -0.05) is 44.2 Å². The van der Waals surface area contributed by atoms with Gasteiger partial charge in [-0.3, -0.25) is 4.79 Å². The maximum absolute atomic E-state index is 12.7. The molecule has 1 aromatic carbocycles. The predicted octanol–water partition coefficient (Wildman–Crippen LogP) is 5.36. The van der Waals surface area contributed by atoms with Crippen LogP contribution in [0.25, 0.3) is 22.0 Å². The molecule has 2 aromatic rings. The summed E-state index contributed by atoms with van der Waals surface area (Å²) in [5.74, 6) is 0.254. The zero-order chi connectivity index (χ0) is 16.1. The maximum atomic E-state index is 12.7. The van der Waals surface area contributed by atoms with E-state index in [9.17, 15) is 4.79 Å². The molecule has 0 spiro atoms. The second kappa shape index (κ2) is 4.98. The van der Waals surface area contributed by atoms with E-state index in [1.807, 2.05) is 19.1 Å². The van der Waals surface area contributed by atoms with Crippen LogP contribution in [-0.4, -0.2) is 10.8 Å². The van der Waals surface area contributed by atoms with Crippen LogP contribution in [0.4, 0.5) is 0 Å². The van der Waals surface area contributed by atoms with Crippen molar-refractivity contribution in [3.8, 4) is 0 Å². The number of carbonyl (C=O) groups is 1. The van der Waals surface area contributed by atoms with Gasteiger partial charge in [-0.15, -0.1) is 0 Å². The standard InChI is InChI=1S/C20H23NO/c1-12(2)19-18(14-8-6-7-9-15(14)21-19)17-13(3)20(4,5)11-10-16(17)22/h6-9,21H,1,10-11H2,2-5H3. The van der Waals surface area contributed by atoms with Crippen LogP contribution in [0.1, 0.15) is 51.8 Å². The van der Waals surface area contributed by atoms with E-state index < -0.39 is 0 Å². The van der Waals surface area contributed by atoms with Crippen LogP contribution in [-0.2, 0) is 4.79 Å². The molecule has 0 atom stereocenters. The van der Waals surface area contributed by atoms with Crippen molar-refractivity contribution in [1.82, 2.24) is 4.98 Å². The first-order valence-electron chi connectivity index (χ1n) is 7.84. The number of aromatic nitrogens is 1. The minimum Gasteiger partial charge on any atom is -0.354 e. The van der Waals surface area contributed by atoms with Gasteiger partial charge >= 0.3 is 0 Å². The minimum atomic E-state index is 0.0635. The van der Waals surface area contributed by atoms with Gasteiger partial charge in [0.25, 0.3) is 0 Å². The summed E-state index contributed by atoms with van der Waals surface area (Å²) in [7, 11) is 0. The Balaban J connectivity index is 2.40. The largest absolute Gasteiger partial charge is 0.354 e. The number of aromatic amines is 1. The quantitative estimate of drug-likeness (QED) is 0.794. The lowest BCUT2D eigenvalue weighted by molar-refractivity contribution is -0.114. The summed E-state index contributed by atoms with van der Waals surface area (Å²) in [5.41, 5.74) is 6.20. The Kier molecular flexibility index (Phi) is 3.36. The summed E-state index contributed by atoms with van der Waals surface area (Å²) in [6.45, 7) is 12.6. The van der Waals surface area contributed by atoms with Crippen LogP contribution in [0.3, 0.4) is 0 Å². The lowest BCUT2D eigenvalue weighted by atomic mass is 9.71. The van der Waals surface area contributed by atoms with Crippen LogP contribution in [0.15, 0.2) is 36.4 Å². The van der Waals surface area contributed by atoms with Gasteiger partial charge in [-0.05, 0) is 37.3 Å². The van der Waals surface area contributed by atoms with E-state index in [4.69, 9.17) is 0 Å². The van der Waals surface area contributed by atoms with Gasteiger partial charge in [0.05, 0.1) is 0 Å². The molecule has 0 fully saturated rings. The smallest absolute Gasteiger partial charge is 0.163 e. The second-order valence-corrected chi connectivity index (χ2v) is 7.01. The fraction of sp³-hybridized carbons (Fsp3) is 0.350. The Morgan fingerprint density at radius 1 is 1.27 bits per heavy atom. The van der Waals surface area contributed by atoms with Crippen LogP contribution in [0.2, 0.25) is 0 Å². The Bertz CT molecular complexity index is 817. The molecular formula is C20H23NO. The molecular weight excluding hydrogens is 270 g/mol. The maximum Gasteiger partial charge on any atom is 0.163 e. The number of Topliss-reactive ketones (excluding diaryl/α,β-unsaturated/α-hetero) is 1. The van der Waals surface area contributed by atoms with E-state index in [1.165, 1.54) is 5.57 Å². The summed E-state index contributed by atoms with van der Waals surface area (Å²) in [4.78, 5) is 16.2. The molecule has 1 heterocycles. The third kappa shape index (κ3) is 2.14. The van der Waals surface area contributed by atoms with Crippen molar-refractivity contribution in [3.63, 3.8) is 0 Å². The Morgan fingerprint density at radius 2 is 1.95 bits per heavy atom. The van der Waals surface area contributed by atoms with Crippen LogP contribution in [0.5, 0.6) is 0 Å². The Hall–Kier alpha value is -2.09. The number of carbonyl (C=O) groups excluding carboxylic acids is 1. The molecule has 1 N–H and O–H groups in total. The summed E-state index contributed by atoms with van der Waals surface area (Å²) < 4.78 is 0. The van der Waals surface area contributed by atoms with E-state index in [1.54, 1.807) is 0 Å². The molecule has 0 aliphatic heterocycles. The number of rotatable bonds is 2. The SMILES string of the molecule is C=C(C)c1[nH]c2ccccc2c1C1=C(C)C(C)(C)CCC1=O. The normalized spacial score (nSPS) is 18.1. The second-order valence-electron chi connectivity index (χ2n) is 7.01. The van der Waals surface area contributed by atoms with E-state index in [-0.39, 0.29) is 11.2 Å². The molecule has 0 unspecified atom stereocenters. The van der Waals surface area contributed by atoms with Crippen molar-refractivity contribution >= 4 is 27.8 Å². The molecule has 1 aliphatic rings. The number of H-pyrrole nitrogens is 1. The highest BCUT2D eigenvalue weighted by atomic mass is 16.1. The number of para-hydroxylation sites is 1. The molecule has 2 heteroatoms. The van der Waals surface area contributed by atoms with Gasteiger partial charge in [0, 0.05) is 34.2 Å². The van der Waals surface area contributed by atoms with Crippen LogP contribution in [0, 0.1) is 5.41 Å². The minimum absolute atomic E-state index is 0.0635. The summed E-state index contributed by atoms with van der Waals surface area (Å²) in [5, 5.41) is 1.11. The zero-order valence-electron chi connectivity index (χ0n) is 13.8. The summed E-state index contributed by atoms with van der Waals surface area (Å²) >= 11 is 0. The topological polar surface area (TPSA) is 32.9 Å². The van der Waals surface area contributed by atoms with Crippen molar-refractivity contribution in [2.45, 2.75) is 40.5 Å². The number of hydrogen-bond acceptors (Lipinski definition) is 1. The average molecular weight is 293 g/mol. The molecule has 22 heavy (non-hydrogen) atoms. The first kappa shape index (κ1) is 14.8. The third-order valence-electron chi connectivity index (χ3n) is 5.03. The first-order valence-corrected chi connectivity index (χ1v) is 7.84. The molecule has 0 radical (unpaired) electrons. The fourth-order valence-electron chi connectivity index (χ4n) is 3.33. The van der Waals surface area contributed by atoms with Crippen molar-refractivity contribution in [2.75, 3.05) is 0 Å². The van der Waals surface area contributed by atoms with Crippen molar-refractivity contribution < 1.29 is 4.79 Å². The number of nitrogens with one attached hydrogen (secondary N) is 1. The first-order chi connectivity index (χ1) is 10.3. The molecule has 0 saturated carbocycles. The van der Waals surface area contributed by atoms with Gasteiger partial charge in [-0.25, -0.2) is 0 Å². The fourth-order valence-corrected chi connectivity index (χ4v) is 3.33. The molecule has 0 saturated heterocycles. The van der Waals surface area contributed by atoms with Gasteiger partial charge in [-0.2, -0.15) is 0 Å². The highest BCUT2D eigenvalue weighted by Crippen LogP contribution is 2.45. The molecule has 2 nitrogen and oxygen atoms in total. The van der Waals surface area contributed by atoms with E-state index in [0.29, 0.717) is 6.42 Å². The molecule has 1 aromatic heterocycles. The summed E-state index contributed by atoms with van der Waals surface area (Å²) in [6, 6.07) is 8.18. The Labute approximate surface area is 131 Å². The molecule has 0 amide bonds. The summed E-state index contributed by atoms with van der Waals surface area (Å²) in [6.07, 6.45) is 1.54. The van der Waals surface area contributed by atoms with Gasteiger partial charge < -0.3 is 4.98 Å². The highest BCUT2D eigenvalue weighted by Gasteiger charge is 2.34.